The van der Waals surface area contributed by atoms with Crippen LogP contribution in [0.2, 0.25) is 0 Å². The van der Waals surface area contributed by atoms with Crippen LogP contribution in [-0.4, -0.2) is 60.8 Å². The molecule has 0 N–H and O–H groups in total. The molecule has 0 radical (unpaired) electrons. The second-order valence-electron chi connectivity index (χ2n) is 8.36. The second-order valence-corrected chi connectivity index (χ2v) is 8.36. The van der Waals surface area contributed by atoms with E-state index in [4.69, 9.17) is 33.2 Å². The minimum Gasteiger partial charge on any atom is -0.463 e. The van der Waals surface area contributed by atoms with Crippen LogP contribution < -0.4 is 9.47 Å². The molecule has 1 aromatic rings. The number of benzene rings is 1. The van der Waals surface area contributed by atoms with E-state index in [1.165, 1.54) is 19.1 Å². The van der Waals surface area contributed by atoms with Crippen molar-refractivity contribution in [2.75, 3.05) is 6.61 Å². The van der Waals surface area contributed by atoms with Gasteiger partial charge in [-0.1, -0.05) is 5.11 Å². The van der Waals surface area contributed by atoms with Crippen molar-refractivity contribution >= 4 is 29.8 Å². The predicted molar refractivity (Wildman–Crippen MR) is 121 cm³/mol. The number of rotatable bonds is 7. The van der Waals surface area contributed by atoms with Gasteiger partial charge in [-0.3, -0.25) is 24.0 Å². The van der Waals surface area contributed by atoms with E-state index in [1.807, 2.05) is 0 Å². The molecule has 1 saturated heterocycles. The van der Waals surface area contributed by atoms with E-state index < -0.39 is 66.6 Å². The molecule has 0 aromatic heterocycles. The van der Waals surface area contributed by atoms with Crippen LogP contribution in [0.5, 0.6) is 11.5 Å². The lowest BCUT2D eigenvalue weighted by Crippen LogP contribution is -2.65. The zero-order chi connectivity index (χ0) is 28.2. The second kappa shape index (κ2) is 11.5. The molecule has 0 amide bonds. The van der Waals surface area contributed by atoms with Crippen LogP contribution in [-0.2, 0) is 60.1 Å². The van der Waals surface area contributed by atoms with Crippen LogP contribution in [0.25, 0.3) is 10.4 Å². The van der Waals surface area contributed by atoms with Gasteiger partial charge in [-0.2, -0.15) is 0 Å². The highest BCUT2D eigenvalue weighted by Gasteiger charge is 2.63. The largest absolute Gasteiger partial charge is 0.463 e. The number of azide groups is 1. The molecule has 204 valence electrons. The Morgan fingerprint density at radius 1 is 0.974 bits per heavy atom. The first-order valence-electron chi connectivity index (χ1n) is 11.3. The Balaban J connectivity index is 2.28. The normalized spacial score (nSPS) is 25.4. The molecule has 1 fully saturated rings. The number of carbonyl (C=O) groups excluding carboxylic acids is 5. The maximum atomic E-state index is 12.2. The monoisotopic (exact) mass is 535 g/mol. The fraction of sp³-hybridized carbons (Fsp3) is 0.522. The molecule has 15 nitrogen and oxygen atoms in total. The average molecular weight is 535 g/mol. The van der Waals surface area contributed by atoms with Crippen molar-refractivity contribution in [2.45, 2.75) is 71.4 Å². The van der Waals surface area contributed by atoms with E-state index in [2.05, 4.69) is 10.0 Å². The molecule has 15 heteroatoms. The standard InChI is InChI=1S/C23H25N3O12/c1-10(27)32-9-18-21(36-13(4)30)20(25-26-24)22(37-14(5)31)23(38-18)19-15(8-33-23)6-16(34-11(2)28)7-17(19)35-12(3)29/h6-7,18,20-22H,8-9H2,1-5H3/t18-,20?,21?,22?,23?/m1/s1. The fourth-order valence-corrected chi connectivity index (χ4v) is 4.34. The van der Waals surface area contributed by atoms with Gasteiger partial charge < -0.3 is 33.2 Å². The third kappa shape index (κ3) is 6.02. The molecule has 5 atom stereocenters. The van der Waals surface area contributed by atoms with E-state index in [9.17, 15) is 29.5 Å². The van der Waals surface area contributed by atoms with Gasteiger partial charge >= 0.3 is 29.8 Å². The lowest BCUT2D eigenvalue weighted by Gasteiger charge is -2.48. The first-order valence-corrected chi connectivity index (χ1v) is 11.3. The minimum absolute atomic E-state index is 0.0221. The first kappa shape index (κ1) is 28.4. The maximum Gasteiger partial charge on any atom is 0.308 e. The van der Waals surface area contributed by atoms with E-state index in [1.54, 1.807) is 0 Å². The van der Waals surface area contributed by atoms with Gasteiger partial charge in [-0.25, -0.2) is 0 Å². The summed E-state index contributed by atoms with van der Waals surface area (Å²) in [4.78, 5) is 62.0. The van der Waals surface area contributed by atoms with Crippen LogP contribution in [0.15, 0.2) is 17.2 Å². The highest BCUT2D eigenvalue weighted by atomic mass is 16.7. The molecule has 2 aliphatic heterocycles. The molecular formula is C23H25N3O12. The topological polar surface area (TPSA) is 199 Å². The number of hydrogen-bond donors (Lipinski definition) is 0. The lowest BCUT2D eigenvalue weighted by atomic mass is 9.85. The molecule has 3 rings (SSSR count). The van der Waals surface area contributed by atoms with Crippen LogP contribution in [0, 0.1) is 0 Å². The Kier molecular flexibility index (Phi) is 8.56. The number of ether oxygens (including phenoxy) is 7. The SMILES string of the molecule is CC(=O)OC[C@H]1OC2(OCc3cc(OC(C)=O)cc(OC(C)=O)c32)C(OC(C)=O)C(N=[N+]=[N-])C1OC(C)=O. The first-order chi connectivity index (χ1) is 17.9. The highest BCUT2D eigenvalue weighted by Crippen LogP contribution is 2.52. The van der Waals surface area contributed by atoms with Gasteiger partial charge in [-0.15, -0.1) is 0 Å². The van der Waals surface area contributed by atoms with Gasteiger partial charge in [0, 0.05) is 45.6 Å². The molecule has 0 aliphatic carbocycles. The number of carbonyl (C=O) groups is 5. The quantitative estimate of drug-likeness (QED) is 0.122. The van der Waals surface area contributed by atoms with E-state index in [0.717, 1.165) is 27.7 Å². The Labute approximate surface area is 215 Å². The summed E-state index contributed by atoms with van der Waals surface area (Å²) in [5.41, 5.74) is 9.71. The highest BCUT2D eigenvalue weighted by molar-refractivity contribution is 5.73. The van der Waals surface area contributed by atoms with Crippen molar-refractivity contribution in [1.82, 2.24) is 0 Å². The number of hydrogen-bond acceptors (Lipinski definition) is 13. The summed E-state index contributed by atoms with van der Waals surface area (Å²) in [6, 6.07) is 1.20. The van der Waals surface area contributed by atoms with Crippen molar-refractivity contribution in [3.8, 4) is 11.5 Å². The molecule has 2 aliphatic rings. The van der Waals surface area contributed by atoms with Crippen LogP contribution in [0.3, 0.4) is 0 Å². The van der Waals surface area contributed by atoms with Crippen molar-refractivity contribution in [3.05, 3.63) is 33.7 Å². The minimum atomic E-state index is -2.10. The summed E-state index contributed by atoms with van der Waals surface area (Å²) in [5, 5.41) is 3.72. The zero-order valence-electron chi connectivity index (χ0n) is 21.1. The molecular weight excluding hydrogens is 510 g/mol. The van der Waals surface area contributed by atoms with Crippen LogP contribution >= 0.6 is 0 Å². The Bertz CT molecular complexity index is 1210. The molecule has 1 spiro atoms. The molecule has 4 unspecified atom stereocenters. The zero-order valence-corrected chi connectivity index (χ0v) is 21.1. The summed E-state index contributed by atoms with van der Waals surface area (Å²) < 4.78 is 38.7. The van der Waals surface area contributed by atoms with E-state index >= 15 is 0 Å². The third-order valence-corrected chi connectivity index (χ3v) is 5.41. The molecule has 38 heavy (non-hydrogen) atoms. The molecule has 1 aromatic carbocycles. The molecule has 2 heterocycles. The maximum absolute atomic E-state index is 12.2. The van der Waals surface area contributed by atoms with Crippen molar-refractivity contribution in [3.63, 3.8) is 0 Å². The Morgan fingerprint density at radius 2 is 1.63 bits per heavy atom. The molecule has 0 saturated carbocycles. The summed E-state index contributed by atoms with van der Waals surface area (Å²) in [7, 11) is 0. The third-order valence-electron chi connectivity index (χ3n) is 5.41. The number of nitrogens with zero attached hydrogens (tertiary/aromatic N) is 3. The van der Waals surface area contributed by atoms with Crippen molar-refractivity contribution in [1.29, 1.82) is 0 Å². The summed E-state index contributed by atoms with van der Waals surface area (Å²) in [6.07, 6.45) is -4.26. The van der Waals surface area contributed by atoms with Gasteiger partial charge in [0.1, 0.15) is 36.4 Å². The van der Waals surface area contributed by atoms with Gasteiger partial charge in [0.15, 0.2) is 6.10 Å². The van der Waals surface area contributed by atoms with E-state index in [0.29, 0.717) is 5.56 Å². The van der Waals surface area contributed by atoms with Crippen molar-refractivity contribution < 1.29 is 57.1 Å². The van der Waals surface area contributed by atoms with Crippen LogP contribution in [0.1, 0.15) is 45.7 Å². The predicted octanol–water partition coefficient (Wildman–Crippen LogP) is 1.72. The fourth-order valence-electron chi connectivity index (χ4n) is 4.34. The van der Waals surface area contributed by atoms with Crippen molar-refractivity contribution in [2.24, 2.45) is 5.11 Å². The van der Waals surface area contributed by atoms with Gasteiger partial charge in [0.2, 0.25) is 5.79 Å². The van der Waals surface area contributed by atoms with Gasteiger partial charge in [0.05, 0.1) is 12.2 Å². The van der Waals surface area contributed by atoms with Gasteiger partial charge in [-0.05, 0) is 17.2 Å². The summed E-state index contributed by atoms with van der Waals surface area (Å²) in [6.45, 7) is 4.92. The Morgan fingerprint density at radius 3 is 2.18 bits per heavy atom. The lowest BCUT2D eigenvalue weighted by molar-refractivity contribution is -0.352. The average Bonchev–Trinajstić information content (AvgIpc) is 3.14. The molecule has 0 bridgehead atoms. The smallest absolute Gasteiger partial charge is 0.308 e. The number of esters is 5. The Hall–Kier alpha value is -4.20. The van der Waals surface area contributed by atoms with Gasteiger partial charge in [0.25, 0.3) is 0 Å². The summed E-state index contributed by atoms with van der Waals surface area (Å²) in [5.74, 6) is -5.96. The van der Waals surface area contributed by atoms with E-state index in [-0.39, 0.29) is 23.7 Å². The van der Waals surface area contributed by atoms with Crippen LogP contribution in [0.4, 0.5) is 0 Å². The number of fused-ring (bicyclic) bond motifs is 2. The summed E-state index contributed by atoms with van der Waals surface area (Å²) >= 11 is 0.